The van der Waals surface area contributed by atoms with E-state index in [9.17, 15) is 13.2 Å². The van der Waals surface area contributed by atoms with Crippen molar-refractivity contribution >= 4 is 0 Å². The van der Waals surface area contributed by atoms with Gasteiger partial charge in [-0.1, -0.05) is 0 Å². The van der Waals surface area contributed by atoms with Crippen LogP contribution in [0.3, 0.4) is 0 Å². The summed E-state index contributed by atoms with van der Waals surface area (Å²) in [6, 6.07) is 0. The zero-order valence-corrected chi connectivity index (χ0v) is 6.75. The van der Waals surface area contributed by atoms with E-state index in [2.05, 4.69) is 16.8 Å². The molecule has 0 aliphatic carbocycles. The van der Waals surface area contributed by atoms with Gasteiger partial charge in [0.05, 0.1) is 0 Å². The highest BCUT2D eigenvalue weighted by Crippen LogP contribution is 2.34. The van der Waals surface area contributed by atoms with Gasteiger partial charge in [0.15, 0.2) is 0 Å². The first kappa shape index (κ1) is 10.0. The normalized spacial score (nSPS) is 14.5. The quantitative estimate of drug-likeness (QED) is 0.713. The number of hydrogen-bond donors (Lipinski definition) is 0. The van der Waals surface area contributed by atoms with E-state index in [0.29, 0.717) is 0 Å². The molecule has 3 nitrogen and oxygen atoms in total. The van der Waals surface area contributed by atoms with Crippen LogP contribution in [0.4, 0.5) is 13.2 Å². The van der Waals surface area contributed by atoms with E-state index < -0.39 is 12.3 Å². The summed E-state index contributed by atoms with van der Waals surface area (Å²) >= 11 is 0. The van der Waals surface area contributed by atoms with Gasteiger partial charge in [0.2, 0.25) is 6.10 Å². The Morgan fingerprint density at radius 3 is 2.54 bits per heavy atom. The fourth-order valence-electron chi connectivity index (χ4n) is 0.914. The minimum Gasteiger partial charge on any atom is -0.352 e. The van der Waals surface area contributed by atoms with Gasteiger partial charge in [-0.2, -0.15) is 13.2 Å². The number of nitrogens with zero attached hydrogens (tertiary/aromatic N) is 2. The molecule has 0 aliphatic heterocycles. The van der Waals surface area contributed by atoms with Crippen molar-refractivity contribution in [1.29, 1.82) is 0 Å². The van der Waals surface area contributed by atoms with Gasteiger partial charge in [-0.05, 0) is 0 Å². The highest BCUT2D eigenvalue weighted by Gasteiger charge is 2.43. The third kappa shape index (κ3) is 2.00. The van der Waals surface area contributed by atoms with Crippen LogP contribution in [0.1, 0.15) is 11.9 Å². The second kappa shape index (κ2) is 3.37. The van der Waals surface area contributed by atoms with Crippen LogP contribution in [0.15, 0.2) is 12.4 Å². The first-order chi connectivity index (χ1) is 5.96. The molecule has 0 spiro atoms. The molecule has 6 heteroatoms. The summed E-state index contributed by atoms with van der Waals surface area (Å²) in [4.78, 5) is 3.49. The maximum Gasteiger partial charge on any atom is 0.421 e. The predicted molar refractivity (Wildman–Crippen MR) is 37.4 cm³/mol. The third-order valence-corrected chi connectivity index (χ3v) is 1.53. The maximum absolute atomic E-state index is 12.2. The SMILES string of the molecule is [CH]OC(c1nccn1C)C(F)(F)F. The Balaban J connectivity index is 2.98. The van der Waals surface area contributed by atoms with Crippen LogP contribution in [-0.2, 0) is 11.8 Å². The standard InChI is InChI=1S/C7H7F3N2O/c1-12-4-3-11-6(12)5(13-2)7(8,9)10/h2-5H,1H3. The minimum absolute atomic E-state index is 0.269. The van der Waals surface area contributed by atoms with Gasteiger partial charge in [0.1, 0.15) is 12.9 Å². The van der Waals surface area contributed by atoms with E-state index >= 15 is 0 Å². The van der Waals surface area contributed by atoms with Crippen LogP contribution in [-0.4, -0.2) is 15.7 Å². The minimum atomic E-state index is -4.55. The average molecular weight is 192 g/mol. The molecule has 0 amide bonds. The highest BCUT2D eigenvalue weighted by atomic mass is 19.4. The second-order valence-corrected chi connectivity index (χ2v) is 2.45. The number of aryl methyl sites for hydroxylation is 1. The molecule has 1 aromatic heterocycles. The van der Waals surface area contributed by atoms with Crippen LogP contribution in [0, 0.1) is 7.11 Å². The second-order valence-electron chi connectivity index (χ2n) is 2.45. The Morgan fingerprint density at radius 2 is 2.23 bits per heavy atom. The summed E-state index contributed by atoms with van der Waals surface area (Å²) in [5, 5.41) is 0. The Hall–Kier alpha value is -1.04. The zero-order chi connectivity index (χ0) is 10.1. The topological polar surface area (TPSA) is 27.1 Å². The number of halogens is 3. The van der Waals surface area contributed by atoms with Crippen LogP contribution in [0.25, 0.3) is 0 Å². The summed E-state index contributed by atoms with van der Waals surface area (Å²) in [7, 11) is 5.98. The molecule has 2 radical (unpaired) electrons. The van der Waals surface area contributed by atoms with Crippen molar-refractivity contribution in [2.75, 3.05) is 0 Å². The molecule has 1 rings (SSSR count). The molecule has 0 fully saturated rings. The maximum atomic E-state index is 12.2. The Bertz CT molecular complexity index is 282. The molecule has 0 bridgehead atoms. The molecule has 0 N–H and O–H groups in total. The fourth-order valence-corrected chi connectivity index (χ4v) is 0.914. The molecule has 1 aromatic rings. The van der Waals surface area contributed by atoms with E-state index in [1.165, 1.54) is 24.0 Å². The molecule has 72 valence electrons. The van der Waals surface area contributed by atoms with Crippen molar-refractivity contribution in [3.05, 3.63) is 25.3 Å². The van der Waals surface area contributed by atoms with Gasteiger partial charge in [-0.15, -0.1) is 0 Å². The van der Waals surface area contributed by atoms with Gasteiger partial charge < -0.3 is 9.30 Å². The molecule has 1 heterocycles. The molecule has 0 saturated carbocycles. The van der Waals surface area contributed by atoms with Gasteiger partial charge in [-0.25, -0.2) is 4.98 Å². The summed E-state index contributed by atoms with van der Waals surface area (Å²) in [6.07, 6.45) is -4.10. The first-order valence-electron chi connectivity index (χ1n) is 3.36. The van der Waals surface area contributed by atoms with Gasteiger partial charge in [0, 0.05) is 19.4 Å². The Kier molecular flexibility index (Phi) is 2.60. The molecule has 0 aliphatic rings. The summed E-state index contributed by atoms with van der Waals surface area (Å²) in [5.74, 6) is -0.269. The van der Waals surface area contributed by atoms with Crippen molar-refractivity contribution in [2.24, 2.45) is 7.05 Å². The lowest BCUT2D eigenvalue weighted by molar-refractivity contribution is -0.212. The summed E-state index contributed by atoms with van der Waals surface area (Å²) < 4.78 is 41.6. The number of ether oxygens (including phenoxy) is 1. The number of alkyl halides is 3. The van der Waals surface area contributed by atoms with Crippen LogP contribution in [0.2, 0.25) is 0 Å². The van der Waals surface area contributed by atoms with Gasteiger partial charge in [-0.3, -0.25) is 0 Å². The lowest BCUT2D eigenvalue weighted by Crippen LogP contribution is -2.24. The largest absolute Gasteiger partial charge is 0.421 e. The summed E-state index contributed by atoms with van der Waals surface area (Å²) in [6.45, 7) is 0. The van der Waals surface area contributed by atoms with E-state index in [4.69, 9.17) is 0 Å². The van der Waals surface area contributed by atoms with Crippen molar-refractivity contribution in [1.82, 2.24) is 9.55 Å². The number of rotatable bonds is 2. The van der Waals surface area contributed by atoms with Crippen molar-refractivity contribution < 1.29 is 17.9 Å². The number of hydrogen-bond acceptors (Lipinski definition) is 2. The molecule has 1 unspecified atom stereocenters. The van der Waals surface area contributed by atoms with E-state index in [0.717, 1.165) is 0 Å². The molecule has 0 aromatic carbocycles. The molecular weight excluding hydrogens is 185 g/mol. The molecular formula is C7H7F3N2O. The highest BCUT2D eigenvalue weighted by molar-refractivity contribution is 4.98. The van der Waals surface area contributed by atoms with Crippen molar-refractivity contribution in [2.45, 2.75) is 12.3 Å². The van der Waals surface area contributed by atoms with E-state index in [1.807, 2.05) is 0 Å². The predicted octanol–water partition coefficient (Wildman–Crippen LogP) is 1.71. The first-order valence-corrected chi connectivity index (χ1v) is 3.36. The molecule has 1 atom stereocenters. The monoisotopic (exact) mass is 192 g/mol. The van der Waals surface area contributed by atoms with Crippen LogP contribution < -0.4 is 0 Å². The third-order valence-electron chi connectivity index (χ3n) is 1.53. The lowest BCUT2D eigenvalue weighted by Gasteiger charge is -2.17. The van der Waals surface area contributed by atoms with Gasteiger partial charge >= 0.3 is 6.18 Å². The molecule has 13 heavy (non-hydrogen) atoms. The van der Waals surface area contributed by atoms with Crippen molar-refractivity contribution in [3.8, 4) is 0 Å². The van der Waals surface area contributed by atoms with Crippen LogP contribution in [0.5, 0.6) is 0 Å². The van der Waals surface area contributed by atoms with Gasteiger partial charge in [0.25, 0.3) is 0 Å². The lowest BCUT2D eigenvalue weighted by atomic mass is 10.3. The van der Waals surface area contributed by atoms with E-state index in [1.54, 1.807) is 0 Å². The number of imidazole rings is 1. The zero-order valence-electron chi connectivity index (χ0n) is 6.75. The van der Waals surface area contributed by atoms with Crippen LogP contribution >= 0.6 is 0 Å². The Morgan fingerprint density at radius 1 is 1.62 bits per heavy atom. The number of aromatic nitrogens is 2. The van der Waals surface area contributed by atoms with E-state index in [-0.39, 0.29) is 5.82 Å². The summed E-state index contributed by atoms with van der Waals surface area (Å²) in [5.41, 5.74) is 0. The smallest absolute Gasteiger partial charge is 0.352 e. The fraction of sp³-hybridized carbons (Fsp3) is 0.429. The average Bonchev–Trinajstić information content (AvgIpc) is 2.35. The Labute approximate surface area is 73.1 Å². The molecule has 0 saturated heterocycles. The van der Waals surface area contributed by atoms with Crippen molar-refractivity contribution in [3.63, 3.8) is 0 Å².